The van der Waals surface area contributed by atoms with E-state index in [1.54, 1.807) is 18.6 Å². The lowest BCUT2D eigenvalue weighted by molar-refractivity contribution is -0.146. The molecule has 1 aromatic rings. The van der Waals surface area contributed by atoms with Crippen LogP contribution in [0.1, 0.15) is 58.1 Å². The van der Waals surface area contributed by atoms with Crippen molar-refractivity contribution in [2.75, 3.05) is 0 Å². The van der Waals surface area contributed by atoms with Crippen molar-refractivity contribution >= 4 is 11.8 Å². The Morgan fingerprint density at radius 3 is 2.81 bits per heavy atom. The van der Waals surface area contributed by atoms with E-state index in [9.17, 15) is 14.7 Å². The summed E-state index contributed by atoms with van der Waals surface area (Å²) < 4.78 is 16.3. The highest BCUT2D eigenvalue weighted by molar-refractivity contribution is 5.88. The van der Waals surface area contributed by atoms with Gasteiger partial charge in [0.2, 0.25) is 0 Å². The predicted octanol–water partition coefficient (Wildman–Crippen LogP) is 2.80. The zero-order chi connectivity index (χ0) is 18.7. The summed E-state index contributed by atoms with van der Waals surface area (Å²) in [6.07, 6.45) is 4.16. The number of Topliss-reactive ketones (excluding diaryl/α,β-unsaturated/α-hetero) is 1. The minimum Gasteiger partial charge on any atom is -0.472 e. The first-order valence-electron chi connectivity index (χ1n) is 9.39. The Labute approximate surface area is 152 Å². The minimum absolute atomic E-state index is 0.0528. The Hall–Kier alpha value is -1.66. The van der Waals surface area contributed by atoms with Crippen molar-refractivity contribution in [3.63, 3.8) is 0 Å². The van der Waals surface area contributed by atoms with Gasteiger partial charge >= 0.3 is 5.97 Å². The van der Waals surface area contributed by atoms with Gasteiger partial charge in [0, 0.05) is 18.4 Å². The third kappa shape index (κ3) is 2.46. The van der Waals surface area contributed by atoms with Gasteiger partial charge in [-0.25, -0.2) is 0 Å². The van der Waals surface area contributed by atoms with Gasteiger partial charge in [-0.2, -0.15) is 0 Å². The summed E-state index contributed by atoms with van der Waals surface area (Å²) in [6.45, 7) is 5.67. The van der Waals surface area contributed by atoms with E-state index < -0.39 is 17.1 Å². The molecule has 7 atom stereocenters. The van der Waals surface area contributed by atoms with Crippen LogP contribution in [0.15, 0.2) is 23.0 Å². The molecule has 0 bridgehead atoms. The number of furan rings is 1. The normalized spacial score (nSPS) is 41.5. The first-order chi connectivity index (χ1) is 12.3. The number of ketones is 1. The topological polar surface area (TPSA) is 89.3 Å². The van der Waals surface area contributed by atoms with Crippen molar-refractivity contribution in [3.8, 4) is 0 Å². The van der Waals surface area contributed by atoms with Gasteiger partial charge in [-0.05, 0) is 38.7 Å². The van der Waals surface area contributed by atoms with E-state index in [-0.39, 0.29) is 35.8 Å². The SMILES string of the molecule is C[C@H](C[C@@H](O)[C@@]1(C)C(=O)CC[C@H]2O[C@]21C)[C@@H]1C[C@H](c2ccoc2)OC1=O. The number of ether oxygens (including phenoxy) is 2. The molecule has 26 heavy (non-hydrogen) atoms. The van der Waals surface area contributed by atoms with Gasteiger partial charge in [-0.15, -0.1) is 0 Å². The fourth-order valence-corrected chi connectivity index (χ4v) is 4.85. The lowest BCUT2D eigenvalue weighted by atomic mass is 9.62. The largest absolute Gasteiger partial charge is 0.472 e. The van der Waals surface area contributed by atoms with Crippen molar-refractivity contribution in [1.29, 1.82) is 0 Å². The van der Waals surface area contributed by atoms with Crippen LogP contribution < -0.4 is 0 Å². The van der Waals surface area contributed by atoms with Crippen LogP contribution in [0, 0.1) is 17.3 Å². The van der Waals surface area contributed by atoms with Crippen molar-refractivity contribution in [2.24, 2.45) is 17.3 Å². The molecule has 0 amide bonds. The predicted molar refractivity (Wildman–Crippen MR) is 91.1 cm³/mol. The standard InChI is InChI=1S/C20H26O6/c1-11(13-9-14(25-18(13)23)12-6-7-24-10-12)8-16(22)19(2)15(21)4-5-17-20(19,3)26-17/h6-7,10-11,13-14,16-17,22H,4-5,8-9H2,1-3H3/t11-,13+,14-,16-,17-,19-,20-/m1/s1. The minimum atomic E-state index is -0.920. The second-order valence-electron chi connectivity index (χ2n) is 8.43. The molecule has 6 heteroatoms. The Morgan fingerprint density at radius 2 is 2.12 bits per heavy atom. The van der Waals surface area contributed by atoms with E-state index in [2.05, 4.69) is 0 Å². The molecule has 0 unspecified atom stereocenters. The van der Waals surface area contributed by atoms with E-state index >= 15 is 0 Å². The van der Waals surface area contributed by atoms with Crippen LogP contribution in [-0.4, -0.2) is 34.7 Å². The highest BCUT2D eigenvalue weighted by Gasteiger charge is 2.71. The Balaban J connectivity index is 1.45. The number of hydrogen-bond acceptors (Lipinski definition) is 6. The van der Waals surface area contributed by atoms with Gasteiger partial charge in [0.25, 0.3) is 0 Å². The number of rotatable bonds is 5. The Morgan fingerprint density at radius 1 is 1.35 bits per heavy atom. The fourth-order valence-electron chi connectivity index (χ4n) is 4.85. The molecule has 3 heterocycles. The summed E-state index contributed by atoms with van der Waals surface area (Å²) >= 11 is 0. The molecule has 0 aromatic carbocycles. The van der Waals surface area contributed by atoms with E-state index in [4.69, 9.17) is 13.9 Å². The van der Waals surface area contributed by atoms with Gasteiger partial charge in [0.05, 0.1) is 36.1 Å². The second kappa shape index (κ2) is 5.92. The van der Waals surface area contributed by atoms with Crippen LogP contribution in [0.25, 0.3) is 0 Å². The highest BCUT2D eigenvalue weighted by atomic mass is 16.6. The molecule has 4 rings (SSSR count). The van der Waals surface area contributed by atoms with E-state index in [0.29, 0.717) is 19.3 Å². The number of aliphatic hydroxyl groups excluding tert-OH is 1. The Kier molecular flexibility index (Phi) is 4.04. The van der Waals surface area contributed by atoms with E-state index in [0.717, 1.165) is 12.0 Å². The lowest BCUT2D eigenvalue weighted by Crippen LogP contribution is -2.54. The molecule has 0 spiro atoms. The van der Waals surface area contributed by atoms with Crippen LogP contribution in [0.4, 0.5) is 0 Å². The number of esters is 1. The van der Waals surface area contributed by atoms with Crippen LogP contribution in [0.5, 0.6) is 0 Å². The average molecular weight is 362 g/mol. The number of cyclic esters (lactones) is 1. The molecule has 2 saturated heterocycles. The molecular weight excluding hydrogens is 336 g/mol. The number of fused-ring (bicyclic) bond motifs is 1. The second-order valence-corrected chi connectivity index (χ2v) is 8.43. The molecule has 6 nitrogen and oxygen atoms in total. The third-order valence-corrected chi connectivity index (χ3v) is 7.08. The third-order valence-electron chi connectivity index (χ3n) is 7.08. The van der Waals surface area contributed by atoms with Gasteiger partial charge in [-0.1, -0.05) is 6.92 Å². The number of carbonyl (C=O) groups is 2. The van der Waals surface area contributed by atoms with Crippen LogP contribution in [0.2, 0.25) is 0 Å². The van der Waals surface area contributed by atoms with Crippen LogP contribution in [0.3, 0.4) is 0 Å². The molecular formula is C20H26O6. The number of carbonyl (C=O) groups excluding carboxylic acids is 2. The summed E-state index contributed by atoms with van der Waals surface area (Å²) in [6, 6.07) is 1.80. The molecule has 1 saturated carbocycles. The summed E-state index contributed by atoms with van der Waals surface area (Å²) in [4.78, 5) is 25.0. The summed E-state index contributed by atoms with van der Waals surface area (Å²) in [5.74, 6) is -0.584. The number of aliphatic hydroxyl groups is 1. The Bertz CT molecular complexity index is 712. The smallest absolute Gasteiger partial charge is 0.309 e. The number of hydrogen-bond donors (Lipinski definition) is 1. The highest BCUT2D eigenvalue weighted by Crippen LogP contribution is 2.58. The van der Waals surface area contributed by atoms with Crippen molar-refractivity contribution in [3.05, 3.63) is 24.2 Å². The quantitative estimate of drug-likeness (QED) is 0.640. The maximum Gasteiger partial charge on any atom is 0.309 e. The van der Waals surface area contributed by atoms with E-state index in [1.807, 2.05) is 20.8 Å². The summed E-state index contributed by atoms with van der Waals surface area (Å²) in [5, 5.41) is 11.0. The zero-order valence-corrected chi connectivity index (χ0v) is 15.4. The molecule has 3 fully saturated rings. The summed E-state index contributed by atoms with van der Waals surface area (Å²) in [7, 11) is 0. The fraction of sp³-hybridized carbons (Fsp3) is 0.700. The van der Waals surface area contributed by atoms with Crippen molar-refractivity contribution < 1.29 is 28.6 Å². The number of epoxide rings is 1. The molecule has 0 radical (unpaired) electrons. The maximum absolute atomic E-state index is 12.6. The molecule has 142 valence electrons. The van der Waals surface area contributed by atoms with Crippen LogP contribution in [-0.2, 0) is 19.1 Å². The molecule has 2 aliphatic heterocycles. The zero-order valence-electron chi connectivity index (χ0n) is 15.4. The van der Waals surface area contributed by atoms with Gasteiger partial charge < -0.3 is 19.0 Å². The van der Waals surface area contributed by atoms with Gasteiger partial charge in [-0.3, -0.25) is 9.59 Å². The molecule has 1 aromatic heterocycles. The van der Waals surface area contributed by atoms with Gasteiger partial charge in [0.1, 0.15) is 17.5 Å². The van der Waals surface area contributed by atoms with Gasteiger partial charge in [0.15, 0.2) is 0 Å². The summed E-state index contributed by atoms with van der Waals surface area (Å²) in [5.41, 5.74) is -0.655. The first kappa shape index (κ1) is 17.7. The van der Waals surface area contributed by atoms with Crippen molar-refractivity contribution in [1.82, 2.24) is 0 Å². The molecule has 3 aliphatic rings. The molecule has 1 N–H and O–H groups in total. The maximum atomic E-state index is 12.6. The first-order valence-corrected chi connectivity index (χ1v) is 9.39. The average Bonchev–Trinajstić information content (AvgIpc) is 2.96. The monoisotopic (exact) mass is 362 g/mol. The van der Waals surface area contributed by atoms with Crippen LogP contribution >= 0.6 is 0 Å². The van der Waals surface area contributed by atoms with Crippen molar-refractivity contribution in [2.45, 2.75) is 70.4 Å². The molecule has 1 aliphatic carbocycles. The lowest BCUT2D eigenvalue weighted by Gasteiger charge is -2.40. The van der Waals surface area contributed by atoms with E-state index in [1.165, 1.54) is 0 Å².